The van der Waals surface area contributed by atoms with Gasteiger partial charge in [-0.15, -0.1) is 0 Å². The fourth-order valence-electron chi connectivity index (χ4n) is 1.79. The van der Waals surface area contributed by atoms with Crippen molar-refractivity contribution in [2.45, 2.75) is 24.3 Å². The summed E-state index contributed by atoms with van der Waals surface area (Å²) in [5.41, 5.74) is -0.0995. The highest BCUT2D eigenvalue weighted by atomic mass is 32.2. The molecular weight excluding hydrogens is 280 g/mol. The van der Waals surface area contributed by atoms with Gasteiger partial charge in [-0.2, -0.15) is 0 Å². The number of ether oxygens (including phenoxy) is 1. The van der Waals surface area contributed by atoms with Crippen molar-refractivity contribution in [1.29, 1.82) is 0 Å². The highest BCUT2D eigenvalue weighted by Crippen LogP contribution is 2.21. The first kappa shape index (κ1) is 16.7. The predicted molar refractivity (Wildman–Crippen MR) is 78.3 cm³/mol. The molecule has 0 saturated heterocycles. The summed E-state index contributed by atoms with van der Waals surface area (Å²) in [6.07, 6.45) is 0.957. The summed E-state index contributed by atoms with van der Waals surface area (Å²) in [4.78, 5) is 10.7. The number of para-hydroxylation sites is 1. The number of benzene rings is 1. The maximum atomic E-state index is 12.3. The van der Waals surface area contributed by atoms with Gasteiger partial charge in [-0.3, -0.25) is 14.3 Å². The number of nitro benzene ring substituents is 1. The van der Waals surface area contributed by atoms with E-state index >= 15 is 0 Å². The van der Waals surface area contributed by atoms with E-state index in [1.807, 2.05) is 6.92 Å². The van der Waals surface area contributed by atoms with Crippen LogP contribution in [0.5, 0.6) is 0 Å². The van der Waals surface area contributed by atoms with E-state index < -0.39 is 15.7 Å². The Hall–Kier alpha value is -1.31. The minimum absolute atomic E-state index is 0.0828. The number of methoxy groups -OCH3 is 1. The molecule has 0 amide bonds. The third-order valence-corrected chi connectivity index (χ3v) is 4.25. The maximum absolute atomic E-state index is 12.3. The smallest absolute Gasteiger partial charge is 0.285 e. The standard InChI is InChI=1S/C13H20N2O4S/c1-3-8-14-11(9-19-2)10-20(18)13-7-5-4-6-12(13)15(16)17/h4-7,11,14H,3,8-10H2,1-2H3. The molecule has 2 unspecified atom stereocenters. The molecule has 1 N–H and O–H groups in total. The summed E-state index contributed by atoms with van der Waals surface area (Å²) in [5.74, 6) is 0.290. The van der Waals surface area contributed by atoms with Gasteiger partial charge in [0, 0.05) is 25.0 Å². The molecule has 20 heavy (non-hydrogen) atoms. The fraction of sp³-hybridized carbons (Fsp3) is 0.538. The van der Waals surface area contributed by atoms with E-state index in [0.717, 1.165) is 13.0 Å². The quantitative estimate of drug-likeness (QED) is 0.554. The van der Waals surface area contributed by atoms with Gasteiger partial charge in [0.15, 0.2) is 0 Å². The summed E-state index contributed by atoms with van der Waals surface area (Å²) < 4.78 is 17.4. The molecule has 2 atom stereocenters. The fourth-order valence-corrected chi connectivity index (χ4v) is 3.15. The summed E-state index contributed by atoms with van der Waals surface area (Å²) in [7, 11) is 0.143. The Bertz CT molecular complexity index is 467. The monoisotopic (exact) mass is 300 g/mol. The number of nitrogens with one attached hydrogen (secondary N) is 1. The van der Waals surface area contributed by atoms with E-state index in [4.69, 9.17) is 4.74 Å². The second-order valence-electron chi connectivity index (χ2n) is 4.34. The lowest BCUT2D eigenvalue weighted by Gasteiger charge is -2.17. The zero-order valence-corrected chi connectivity index (χ0v) is 12.5. The van der Waals surface area contributed by atoms with E-state index in [2.05, 4.69) is 5.32 Å². The van der Waals surface area contributed by atoms with Crippen molar-refractivity contribution in [2.24, 2.45) is 0 Å². The largest absolute Gasteiger partial charge is 0.383 e. The topological polar surface area (TPSA) is 81.5 Å². The average Bonchev–Trinajstić information content (AvgIpc) is 2.44. The van der Waals surface area contributed by atoms with Crippen molar-refractivity contribution in [2.75, 3.05) is 26.0 Å². The van der Waals surface area contributed by atoms with Crippen LogP contribution in [0.25, 0.3) is 0 Å². The van der Waals surface area contributed by atoms with Gasteiger partial charge in [-0.25, -0.2) is 0 Å². The molecule has 7 heteroatoms. The van der Waals surface area contributed by atoms with Gasteiger partial charge < -0.3 is 10.1 Å². The first-order valence-electron chi connectivity index (χ1n) is 6.44. The van der Waals surface area contributed by atoms with Crippen LogP contribution in [0.2, 0.25) is 0 Å². The molecule has 0 bridgehead atoms. The molecule has 1 aromatic carbocycles. The molecule has 0 aliphatic heterocycles. The Morgan fingerprint density at radius 1 is 1.45 bits per heavy atom. The minimum Gasteiger partial charge on any atom is -0.383 e. The van der Waals surface area contributed by atoms with Gasteiger partial charge >= 0.3 is 0 Å². The first-order chi connectivity index (χ1) is 9.60. The molecule has 6 nitrogen and oxygen atoms in total. The summed E-state index contributed by atoms with van der Waals surface area (Å²) in [6, 6.07) is 6.06. The Morgan fingerprint density at radius 2 is 2.15 bits per heavy atom. The molecule has 0 aliphatic carbocycles. The van der Waals surface area contributed by atoms with Gasteiger partial charge in [0.2, 0.25) is 0 Å². The second-order valence-corrected chi connectivity index (χ2v) is 5.81. The molecule has 0 radical (unpaired) electrons. The SMILES string of the molecule is CCCNC(COC)CS(=O)c1ccccc1[N+](=O)[O-]. The Kier molecular flexibility index (Phi) is 7.35. The van der Waals surface area contributed by atoms with Crippen LogP contribution in [0.4, 0.5) is 5.69 Å². The van der Waals surface area contributed by atoms with Crippen LogP contribution >= 0.6 is 0 Å². The van der Waals surface area contributed by atoms with Crippen LogP contribution in [-0.2, 0) is 15.5 Å². The third-order valence-electron chi connectivity index (χ3n) is 2.71. The number of hydrogen-bond donors (Lipinski definition) is 1. The second kappa shape index (κ2) is 8.78. The van der Waals surface area contributed by atoms with E-state index in [-0.39, 0.29) is 16.6 Å². The minimum atomic E-state index is -1.43. The maximum Gasteiger partial charge on any atom is 0.285 e. The van der Waals surface area contributed by atoms with Gasteiger partial charge in [-0.05, 0) is 19.0 Å². The van der Waals surface area contributed by atoms with Crippen molar-refractivity contribution in [3.63, 3.8) is 0 Å². The van der Waals surface area contributed by atoms with Crippen LogP contribution < -0.4 is 5.32 Å². The lowest BCUT2D eigenvalue weighted by Crippen LogP contribution is -2.38. The molecule has 0 aromatic heterocycles. The lowest BCUT2D eigenvalue weighted by molar-refractivity contribution is -0.387. The highest BCUT2D eigenvalue weighted by Gasteiger charge is 2.21. The van der Waals surface area contributed by atoms with Crippen molar-refractivity contribution >= 4 is 16.5 Å². The van der Waals surface area contributed by atoms with Crippen LogP contribution in [0.15, 0.2) is 29.2 Å². The van der Waals surface area contributed by atoms with Crippen molar-refractivity contribution in [3.05, 3.63) is 34.4 Å². The Balaban J connectivity index is 2.80. The first-order valence-corrected chi connectivity index (χ1v) is 7.76. The van der Waals surface area contributed by atoms with E-state index in [0.29, 0.717) is 12.4 Å². The molecule has 0 saturated carbocycles. The number of hydrogen-bond acceptors (Lipinski definition) is 5. The normalized spacial score (nSPS) is 13.9. The van der Waals surface area contributed by atoms with Crippen molar-refractivity contribution in [3.8, 4) is 0 Å². The van der Waals surface area contributed by atoms with Crippen LogP contribution in [0.3, 0.4) is 0 Å². The molecule has 0 aliphatic rings. The summed E-state index contributed by atoms with van der Waals surface area (Å²) in [6.45, 7) is 3.25. The third kappa shape index (κ3) is 4.99. The van der Waals surface area contributed by atoms with Gasteiger partial charge in [0.25, 0.3) is 5.69 Å². The zero-order valence-electron chi connectivity index (χ0n) is 11.7. The van der Waals surface area contributed by atoms with Gasteiger partial charge in [-0.1, -0.05) is 19.1 Å². The molecule has 112 valence electrons. The van der Waals surface area contributed by atoms with Crippen molar-refractivity contribution in [1.82, 2.24) is 5.32 Å². The molecule has 1 aromatic rings. The highest BCUT2D eigenvalue weighted by molar-refractivity contribution is 7.85. The molecule has 0 heterocycles. The number of rotatable bonds is 9. The zero-order chi connectivity index (χ0) is 15.0. The predicted octanol–water partition coefficient (Wildman–Crippen LogP) is 1.72. The summed E-state index contributed by atoms with van der Waals surface area (Å²) >= 11 is 0. The number of nitro groups is 1. The average molecular weight is 300 g/mol. The Labute approximate surface area is 121 Å². The van der Waals surface area contributed by atoms with Crippen LogP contribution in [-0.4, -0.2) is 41.2 Å². The lowest BCUT2D eigenvalue weighted by atomic mass is 10.3. The Morgan fingerprint density at radius 3 is 2.75 bits per heavy atom. The summed E-state index contributed by atoms with van der Waals surface area (Å²) in [5, 5.41) is 14.2. The van der Waals surface area contributed by atoms with E-state index in [9.17, 15) is 14.3 Å². The van der Waals surface area contributed by atoms with Gasteiger partial charge in [0.05, 0.1) is 22.3 Å². The molecule has 0 fully saturated rings. The van der Waals surface area contributed by atoms with E-state index in [1.54, 1.807) is 19.2 Å². The number of nitrogens with zero attached hydrogens (tertiary/aromatic N) is 1. The molecular formula is C13H20N2O4S. The molecule has 1 rings (SSSR count). The molecule has 0 spiro atoms. The van der Waals surface area contributed by atoms with E-state index in [1.165, 1.54) is 12.1 Å². The van der Waals surface area contributed by atoms with Gasteiger partial charge in [0.1, 0.15) is 4.90 Å². The van der Waals surface area contributed by atoms with Crippen LogP contribution in [0.1, 0.15) is 13.3 Å². The van der Waals surface area contributed by atoms with Crippen molar-refractivity contribution < 1.29 is 13.9 Å². The van der Waals surface area contributed by atoms with Crippen LogP contribution in [0, 0.1) is 10.1 Å².